The molecule has 0 radical (unpaired) electrons. The predicted octanol–water partition coefficient (Wildman–Crippen LogP) is 2.44. The molecule has 21 heavy (non-hydrogen) atoms. The van der Waals surface area contributed by atoms with Crippen molar-refractivity contribution in [3.63, 3.8) is 0 Å². The molecule has 1 N–H and O–H groups in total. The summed E-state index contributed by atoms with van der Waals surface area (Å²) in [5.41, 5.74) is -0.163. The van der Waals surface area contributed by atoms with E-state index in [0.717, 1.165) is 12.8 Å². The third kappa shape index (κ3) is 3.27. The number of benzene rings is 1. The Labute approximate surface area is 125 Å². The van der Waals surface area contributed by atoms with Crippen molar-refractivity contribution in [1.82, 2.24) is 4.31 Å². The molecule has 2 rings (SSSR count). The topological polar surface area (TPSA) is 74.7 Å². The Morgan fingerprint density at radius 1 is 1.24 bits per heavy atom. The first-order chi connectivity index (χ1) is 9.84. The maximum atomic E-state index is 12.7. The first-order valence-corrected chi connectivity index (χ1v) is 8.60. The molecular formula is C15H21NO4S. The van der Waals surface area contributed by atoms with Crippen molar-refractivity contribution >= 4 is 16.0 Å². The largest absolute Gasteiger partial charge is 0.478 e. The third-order valence-corrected chi connectivity index (χ3v) is 6.13. The summed E-state index contributed by atoms with van der Waals surface area (Å²) in [5, 5.41) is 9.16. The van der Waals surface area contributed by atoms with Gasteiger partial charge in [0.05, 0.1) is 10.5 Å². The SMILES string of the molecule is CC(C)C1CCN(S(=O)(=O)c2ccccc2C(=O)O)CC1. The van der Waals surface area contributed by atoms with E-state index in [9.17, 15) is 13.2 Å². The molecule has 0 spiro atoms. The van der Waals surface area contributed by atoms with Crippen molar-refractivity contribution in [2.75, 3.05) is 13.1 Å². The maximum Gasteiger partial charge on any atom is 0.337 e. The van der Waals surface area contributed by atoms with Crippen LogP contribution in [0.15, 0.2) is 29.2 Å². The Kier molecular flexibility index (Phi) is 4.68. The molecule has 1 saturated heterocycles. The van der Waals surface area contributed by atoms with Crippen LogP contribution in [-0.2, 0) is 10.0 Å². The van der Waals surface area contributed by atoms with Crippen LogP contribution in [0.2, 0.25) is 0 Å². The highest BCUT2D eigenvalue weighted by molar-refractivity contribution is 7.89. The molecule has 0 aliphatic carbocycles. The van der Waals surface area contributed by atoms with Gasteiger partial charge >= 0.3 is 5.97 Å². The average Bonchev–Trinajstić information content (AvgIpc) is 2.47. The summed E-state index contributed by atoms with van der Waals surface area (Å²) >= 11 is 0. The molecule has 0 atom stereocenters. The fourth-order valence-electron chi connectivity index (χ4n) is 2.79. The Bertz CT molecular complexity index is 616. The number of aromatic carboxylic acids is 1. The molecule has 6 heteroatoms. The predicted molar refractivity (Wildman–Crippen MR) is 79.7 cm³/mol. The zero-order chi connectivity index (χ0) is 15.6. The van der Waals surface area contributed by atoms with Gasteiger partial charge in [0.2, 0.25) is 10.0 Å². The number of piperidine rings is 1. The molecule has 0 saturated carbocycles. The zero-order valence-corrected chi connectivity index (χ0v) is 13.1. The molecule has 5 nitrogen and oxygen atoms in total. The van der Waals surface area contributed by atoms with E-state index in [4.69, 9.17) is 5.11 Å². The van der Waals surface area contributed by atoms with Gasteiger partial charge < -0.3 is 5.11 Å². The van der Waals surface area contributed by atoms with Crippen molar-refractivity contribution in [1.29, 1.82) is 0 Å². The highest BCUT2D eigenvalue weighted by Gasteiger charge is 2.32. The van der Waals surface area contributed by atoms with Gasteiger partial charge in [0.25, 0.3) is 0 Å². The molecule has 1 aromatic rings. The maximum absolute atomic E-state index is 12.7. The van der Waals surface area contributed by atoms with E-state index in [2.05, 4.69) is 13.8 Å². The first-order valence-electron chi connectivity index (χ1n) is 7.16. The summed E-state index contributed by atoms with van der Waals surface area (Å²) in [4.78, 5) is 11.1. The van der Waals surface area contributed by atoms with Gasteiger partial charge in [-0.2, -0.15) is 4.31 Å². The average molecular weight is 311 g/mol. The second kappa shape index (κ2) is 6.15. The lowest BCUT2D eigenvalue weighted by atomic mass is 9.87. The van der Waals surface area contributed by atoms with Crippen LogP contribution >= 0.6 is 0 Å². The van der Waals surface area contributed by atoms with E-state index in [-0.39, 0.29) is 10.5 Å². The van der Waals surface area contributed by atoms with E-state index in [1.807, 2.05) is 0 Å². The summed E-state index contributed by atoms with van der Waals surface area (Å²) in [5.74, 6) is -0.140. The smallest absolute Gasteiger partial charge is 0.337 e. The molecule has 116 valence electrons. The normalized spacial score (nSPS) is 18.0. The highest BCUT2D eigenvalue weighted by Crippen LogP contribution is 2.29. The van der Waals surface area contributed by atoms with Crippen molar-refractivity contribution in [2.24, 2.45) is 11.8 Å². The molecule has 1 heterocycles. The van der Waals surface area contributed by atoms with E-state index >= 15 is 0 Å². The van der Waals surface area contributed by atoms with Crippen LogP contribution in [-0.4, -0.2) is 36.9 Å². The summed E-state index contributed by atoms with van der Waals surface area (Å²) in [6.07, 6.45) is 1.65. The quantitative estimate of drug-likeness (QED) is 0.926. The van der Waals surface area contributed by atoms with Crippen LogP contribution in [0.5, 0.6) is 0 Å². The van der Waals surface area contributed by atoms with Crippen molar-refractivity contribution in [3.05, 3.63) is 29.8 Å². The van der Waals surface area contributed by atoms with Gasteiger partial charge in [0.1, 0.15) is 0 Å². The second-order valence-corrected chi connectivity index (χ2v) is 7.69. The number of hydrogen-bond acceptors (Lipinski definition) is 3. The molecule has 0 bridgehead atoms. The summed E-state index contributed by atoms with van der Waals surface area (Å²) < 4.78 is 26.7. The lowest BCUT2D eigenvalue weighted by molar-refractivity contribution is 0.0692. The summed E-state index contributed by atoms with van der Waals surface area (Å²) in [7, 11) is -3.73. The first kappa shape index (κ1) is 16.0. The Morgan fingerprint density at radius 2 is 1.81 bits per heavy atom. The minimum absolute atomic E-state index is 0.111. The Morgan fingerprint density at radius 3 is 2.33 bits per heavy atom. The monoisotopic (exact) mass is 311 g/mol. The van der Waals surface area contributed by atoms with E-state index in [1.54, 1.807) is 6.07 Å². The van der Waals surface area contributed by atoms with Crippen molar-refractivity contribution in [3.8, 4) is 0 Å². The minimum atomic E-state index is -3.73. The molecule has 1 aliphatic rings. The third-order valence-electron chi connectivity index (χ3n) is 4.18. The van der Waals surface area contributed by atoms with Crippen molar-refractivity contribution < 1.29 is 18.3 Å². The molecule has 1 aliphatic heterocycles. The van der Waals surface area contributed by atoms with Crippen LogP contribution in [0.3, 0.4) is 0 Å². The number of carboxylic acid groups (broad SMARTS) is 1. The number of carbonyl (C=O) groups is 1. The molecule has 1 fully saturated rings. The van der Waals surface area contributed by atoms with Crippen LogP contribution in [0.1, 0.15) is 37.0 Å². The van der Waals surface area contributed by atoms with Gasteiger partial charge in [0.15, 0.2) is 0 Å². The standard InChI is InChI=1S/C15H21NO4S/c1-11(2)12-7-9-16(10-8-12)21(19,20)14-6-4-3-5-13(14)15(17)18/h3-6,11-12H,7-10H2,1-2H3,(H,17,18). The van der Waals surface area contributed by atoms with E-state index in [0.29, 0.717) is 24.9 Å². The Balaban J connectivity index is 2.26. The molecule has 0 unspecified atom stereocenters. The second-order valence-electron chi connectivity index (χ2n) is 5.79. The number of rotatable bonds is 4. The zero-order valence-electron chi connectivity index (χ0n) is 12.3. The van der Waals surface area contributed by atoms with Crippen LogP contribution in [0.25, 0.3) is 0 Å². The summed E-state index contributed by atoms with van der Waals surface area (Å²) in [6, 6.07) is 5.79. The highest BCUT2D eigenvalue weighted by atomic mass is 32.2. The molecule has 1 aromatic carbocycles. The van der Waals surface area contributed by atoms with Gasteiger partial charge in [-0.1, -0.05) is 26.0 Å². The fourth-order valence-corrected chi connectivity index (χ4v) is 4.44. The van der Waals surface area contributed by atoms with Crippen LogP contribution in [0.4, 0.5) is 0 Å². The number of carboxylic acids is 1. The van der Waals surface area contributed by atoms with Gasteiger partial charge in [-0.3, -0.25) is 0 Å². The number of sulfonamides is 1. The molecule has 0 aromatic heterocycles. The van der Waals surface area contributed by atoms with Gasteiger partial charge in [-0.25, -0.2) is 13.2 Å². The minimum Gasteiger partial charge on any atom is -0.478 e. The van der Waals surface area contributed by atoms with E-state index in [1.165, 1.54) is 22.5 Å². The van der Waals surface area contributed by atoms with Gasteiger partial charge in [-0.05, 0) is 36.8 Å². The lowest BCUT2D eigenvalue weighted by Crippen LogP contribution is -2.40. The molecule has 0 amide bonds. The van der Waals surface area contributed by atoms with Gasteiger partial charge in [0, 0.05) is 13.1 Å². The van der Waals surface area contributed by atoms with Crippen LogP contribution in [0, 0.1) is 11.8 Å². The van der Waals surface area contributed by atoms with Crippen molar-refractivity contribution in [2.45, 2.75) is 31.6 Å². The Hall–Kier alpha value is -1.40. The number of hydrogen-bond donors (Lipinski definition) is 1. The lowest BCUT2D eigenvalue weighted by Gasteiger charge is -2.33. The fraction of sp³-hybridized carbons (Fsp3) is 0.533. The summed E-state index contributed by atoms with van der Waals surface area (Å²) in [6.45, 7) is 5.21. The molecular weight excluding hydrogens is 290 g/mol. The van der Waals surface area contributed by atoms with Crippen LogP contribution < -0.4 is 0 Å². The van der Waals surface area contributed by atoms with Gasteiger partial charge in [-0.15, -0.1) is 0 Å². The number of nitrogens with zero attached hydrogens (tertiary/aromatic N) is 1. The van der Waals surface area contributed by atoms with E-state index < -0.39 is 16.0 Å².